The molecule has 1 aliphatic heterocycles. The summed E-state index contributed by atoms with van der Waals surface area (Å²) in [4.78, 5) is 45.0. The molecule has 4 aliphatic carbocycles. The first-order valence-corrected chi connectivity index (χ1v) is 17.1. The number of carbonyl (C=O) groups is 3. The summed E-state index contributed by atoms with van der Waals surface area (Å²) in [6.07, 6.45) is 12.5. The molecule has 5 rings (SSSR count). The molecule has 2 unspecified atom stereocenters. The van der Waals surface area contributed by atoms with E-state index in [4.69, 9.17) is 9.57 Å². The van der Waals surface area contributed by atoms with E-state index in [1.165, 1.54) is 31.3 Å². The Balaban J connectivity index is 1.17. The third kappa shape index (κ3) is 6.32. The first kappa shape index (κ1) is 32.2. The first-order valence-electron chi connectivity index (χ1n) is 17.1. The first-order chi connectivity index (χ1) is 20.3. The van der Waals surface area contributed by atoms with Crippen molar-refractivity contribution >= 4 is 23.6 Å². The zero-order valence-electron chi connectivity index (χ0n) is 27.6. The minimum atomic E-state index is -0.405. The van der Waals surface area contributed by atoms with Crippen LogP contribution < -0.4 is 5.32 Å². The summed E-state index contributed by atoms with van der Waals surface area (Å²) in [5, 5.41) is 7.87. The third-order valence-electron chi connectivity index (χ3n) is 12.2. The van der Waals surface area contributed by atoms with Crippen LogP contribution in [0.1, 0.15) is 119 Å². The summed E-state index contributed by atoms with van der Waals surface area (Å²) in [7, 11) is 0. The Kier molecular flexibility index (Phi) is 9.46. The Labute approximate surface area is 258 Å². The highest BCUT2D eigenvalue weighted by Crippen LogP contribution is 2.66. The number of hydrogen-bond acceptors (Lipinski definition) is 7. The molecule has 240 valence electrons. The molecule has 1 heterocycles. The van der Waals surface area contributed by atoms with E-state index in [9.17, 15) is 14.4 Å². The van der Waals surface area contributed by atoms with Crippen LogP contribution in [0.4, 0.5) is 4.79 Å². The largest absolute Gasteiger partial charge is 0.462 e. The van der Waals surface area contributed by atoms with Gasteiger partial charge in [0, 0.05) is 31.0 Å². The van der Waals surface area contributed by atoms with Crippen molar-refractivity contribution in [3.8, 4) is 0 Å². The maximum Gasteiger partial charge on any atom is 0.436 e. The molecular formula is C35H55N3O5. The molecule has 8 heteroatoms. The molecule has 8 atom stereocenters. The molecule has 0 aromatic heterocycles. The van der Waals surface area contributed by atoms with Gasteiger partial charge in [-0.25, -0.2) is 4.79 Å². The van der Waals surface area contributed by atoms with E-state index in [0.29, 0.717) is 42.4 Å². The molecule has 0 aromatic rings. The average molecular weight is 598 g/mol. The Morgan fingerprint density at radius 2 is 1.79 bits per heavy atom. The molecule has 8 nitrogen and oxygen atoms in total. The van der Waals surface area contributed by atoms with Crippen molar-refractivity contribution in [3.05, 3.63) is 11.6 Å². The molecule has 43 heavy (non-hydrogen) atoms. The molecule has 1 amide bonds. The number of nitrogens with one attached hydrogen (secondary N) is 1. The fraction of sp³-hybridized carbons (Fsp3) is 0.829. The summed E-state index contributed by atoms with van der Waals surface area (Å²) < 4.78 is 5.36. The van der Waals surface area contributed by atoms with Crippen LogP contribution in [0.5, 0.6) is 0 Å². The lowest BCUT2D eigenvalue weighted by molar-refractivity contribution is -0.149. The molecule has 0 spiro atoms. The fourth-order valence-electron chi connectivity index (χ4n) is 9.87. The lowest BCUT2D eigenvalue weighted by Gasteiger charge is -2.58. The van der Waals surface area contributed by atoms with Gasteiger partial charge in [-0.05, 0) is 133 Å². The van der Waals surface area contributed by atoms with E-state index in [2.05, 4.69) is 24.3 Å². The van der Waals surface area contributed by atoms with Crippen molar-refractivity contribution in [2.75, 3.05) is 6.54 Å². The van der Waals surface area contributed by atoms with Crippen LogP contribution in [0, 0.1) is 34.5 Å². The molecular weight excluding hydrogens is 542 g/mol. The molecule has 1 saturated heterocycles. The minimum absolute atomic E-state index is 0.0172. The van der Waals surface area contributed by atoms with E-state index < -0.39 is 6.09 Å². The van der Waals surface area contributed by atoms with Gasteiger partial charge in [0.2, 0.25) is 0 Å². The maximum atomic E-state index is 13.2. The smallest absolute Gasteiger partial charge is 0.436 e. The van der Waals surface area contributed by atoms with Crippen LogP contribution in [-0.2, 0) is 19.2 Å². The Bertz CT molecular complexity index is 1150. The second-order valence-electron chi connectivity index (χ2n) is 15.3. The van der Waals surface area contributed by atoms with Gasteiger partial charge in [-0.1, -0.05) is 24.6 Å². The average Bonchev–Trinajstić information content (AvgIpc) is 3.56. The molecule has 1 N–H and O–H groups in total. The highest BCUT2D eigenvalue weighted by atomic mass is 16.7. The zero-order chi connectivity index (χ0) is 31.1. The minimum Gasteiger partial charge on any atom is -0.462 e. The van der Waals surface area contributed by atoms with Gasteiger partial charge in [-0.3, -0.25) is 14.4 Å². The van der Waals surface area contributed by atoms with Gasteiger partial charge in [0.05, 0.1) is 11.8 Å². The normalized spacial score (nSPS) is 37.5. The number of amides is 1. The highest BCUT2D eigenvalue weighted by Gasteiger charge is 2.59. The standard InChI is InChI=1S/C35H55N3O5/c1-21(2)38(19-16-25-9-13-31(36-25)32(40)42-22(3)4)33(41)43-37-23(5)28-11-12-29-27-10-8-24-20-26(39)14-17-34(24,6)30(27)15-18-35(28,29)7/h20-22,25,27-31,36H,8-19H2,1-7H3/b37-23+/t25?,27-,28+,29-,30-,31?,34-,35+/m0/s1. The molecule has 5 aliphatic rings. The summed E-state index contributed by atoms with van der Waals surface area (Å²) in [6.45, 7) is 15.2. The second kappa shape index (κ2) is 12.6. The monoisotopic (exact) mass is 597 g/mol. The quantitative estimate of drug-likeness (QED) is 0.143. The van der Waals surface area contributed by atoms with Gasteiger partial charge in [0.15, 0.2) is 5.78 Å². The van der Waals surface area contributed by atoms with Gasteiger partial charge in [0.25, 0.3) is 0 Å². The number of allylic oxidation sites excluding steroid dienone is 1. The van der Waals surface area contributed by atoms with Crippen molar-refractivity contribution in [1.29, 1.82) is 0 Å². The Morgan fingerprint density at radius 1 is 1.02 bits per heavy atom. The van der Waals surface area contributed by atoms with Gasteiger partial charge in [0.1, 0.15) is 6.04 Å². The lowest BCUT2D eigenvalue weighted by Crippen LogP contribution is -2.51. The van der Waals surface area contributed by atoms with Crippen LogP contribution in [0.15, 0.2) is 16.8 Å². The number of esters is 1. The van der Waals surface area contributed by atoms with E-state index in [1.54, 1.807) is 4.90 Å². The number of hydrogen-bond donors (Lipinski definition) is 1. The predicted octanol–water partition coefficient (Wildman–Crippen LogP) is 6.82. The van der Waals surface area contributed by atoms with E-state index in [1.807, 2.05) is 40.7 Å². The fourth-order valence-corrected chi connectivity index (χ4v) is 9.87. The van der Waals surface area contributed by atoms with E-state index >= 15 is 0 Å². The summed E-state index contributed by atoms with van der Waals surface area (Å²) in [6, 6.07) is -0.124. The number of carbonyl (C=O) groups excluding carboxylic acids is 3. The number of ketones is 1. The van der Waals surface area contributed by atoms with Gasteiger partial charge >= 0.3 is 12.1 Å². The number of oxime groups is 1. The van der Waals surface area contributed by atoms with Crippen LogP contribution in [0.25, 0.3) is 0 Å². The SMILES string of the molecule is C/C(=N\OC(=O)N(CCC1CCC(C(=O)OC(C)C)N1)C(C)C)[C@H]1CC[C@H]2[C@@H]3CCC4=CC(=O)CC[C@]4(C)[C@H]3CC[C@]12C. The van der Waals surface area contributed by atoms with E-state index in [-0.39, 0.29) is 41.0 Å². The number of rotatable bonds is 8. The van der Waals surface area contributed by atoms with Crippen LogP contribution in [0.3, 0.4) is 0 Å². The number of fused-ring (bicyclic) bond motifs is 5. The summed E-state index contributed by atoms with van der Waals surface area (Å²) >= 11 is 0. The lowest BCUT2D eigenvalue weighted by atomic mass is 9.46. The summed E-state index contributed by atoms with van der Waals surface area (Å²) in [5.74, 6) is 2.46. The Morgan fingerprint density at radius 3 is 2.51 bits per heavy atom. The van der Waals surface area contributed by atoms with Crippen molar-refractivity contribution in [3.63, 3.8) is 0 Å². The van der Waals surface area contributed by atoms with Crippen LogP contribution >= 0.6 is 0 Å². The van der Waals surface area contributed by atoms with Crippen LogP contribution in [-0.4, -0.2) is 59.2 Å². The highest BCUT2D eigenvalue weighted by molar-refractivity contribution is 5.91. The van der Waals surface area contributed by atoms with Gasteiger partial charge < -0.3 is 15.0 Å². The second-order valence-corrected chi connectivity index (χ2v) is 15.3. The van der Waals surface area contributed by atoms with Crippen molar-refractivity contribution in [2.24, 2.45) is 39.7 Å². The topological polar surface area (TPSA) is 97.3 Å². The summed E-state index contributed by atoms with van der Waals surface area (Å²) in [5.41, 5.74) is 2.71. The number of nitrogens with zero attached hydrogens (tertiary/aromatic N) is 2. The molecule has 4 fully saturated rings. The third-order valence-corrected chi connectivity index (χ3v) is 12.2. The predicted molar refractivity (Wildman–Crippen MR) is 167 cm³/mol. The zero-order valence-corrected chi connectivity index (χ0v) is 27.6. The van der Waals surface area contributed by atoms with Crippen molar-refractivity contribution < 1.29 is 24.0 Å². The van der Waals surface area contributed by atoms with E-state index in [0.717, 1.165) is 44.2 Å². The maximum absolute atomic E-state index is 13.2. The Hall–Kier alpha value is -2.22. The molecule has 0 radical (unpaired) electrons. The van der Waals surface area contributed by atoms with Crippen molar-refractivity contribution in [2.45, 2.75) is 143 Å². The van der Waals surface area contributed by atoms with Gasteiger partial charge in [-0.2, -0.15) is 0 Å². The number of ether oxygens (including phenoxy) is 1. The van der Waals surface area contributed by atoms with Gasteiger partial charge in [-0.15, -0.1) is 0 Å². The molecule has 0 bridgehead atoms. The van der Waals surface area contributed by atoms with Crippen molar-refractivity contribution in [1.82, 2.24) is 10.2 Å². The molecule has 0 aromatic carbocycles. The van der Waals surface area contributed by atoms with Crippen LogP contribution in [0.2, 0.25) is 0 Å². The molecule has 3 saturated carbocycles.